The van der Waals surface area contributed by atoms with E-state index in [4.69, 9.17) is 19.4 Å². The maximum absolute atomic E-state index is 6.62. The van der Waals surface area contributed by atoms with Crippen LogP contribution in [-0.4, -0.2) is 15.0 Å². The third kappa shape index (κ3) is 5.26. The number of nitrogens with zero attached hydrogens (tertiary/aromatic N) is 3. The van der Waals surface area contributed by atoms with Gasteiger partial charge in [-0.25, -0.2) is 15.0 Å². The smallest absolute Gasteiger partial charge is 0.164 e. The number of hydrogen-bond acceptors (Lipinski definition) is 4. The first kappa shape index (κ1) is 31.1. The lowest BCUT2D eigenvalue weighted by atomic mass is 9.90. The molecule has 0 amide bonds. The van der Waals surface area contributed by atoms with E-state index < -0.39 is 0 Å². The van der Waals surface area contributed by atoms with Crippen molar-refractivity contribution in [1.82, 2.24) is 15.0 Å². The van der Waals surface area contributed by atoms with Crippen molar-refractivity contribution in [2.75, 3.05) is 0 Å². The summed E-state index contributed by atoms with van der Waals surface area (Å²) in [6.45, 7) is 0. The van der Waals surface area contributed by atoms with Gasteiger partial charge in [0.05, 0.1) is 0 Å². The van der Waals surface area contributed by atoms with E-state index in [9.17, 15) is 0 Å². The molecular formula is C51H31N3O. The molecule has 11 aromatic rings. The van der Waals surface area contributed by atoms with Crippen LogP contribution < -0.4 is 0 Å². The highest BCUT2D eigenvalue weighted by atomic mass is 16.3. The van der Waals surface area contributed by atoms with Crippen LogP contribution in [0.2, 0.25) is 0 Å². The van der Waals surface area contributed by atoms with Crippen LogP contribution in [0.15, 0.2) is 192 Å². The molecule has 9 aromatic carbocycles. The Hall–Kier alpha value is -7.43. The molecule has 0 radical (unpaired) electrons. The molecule has 0 fully saturated rings. The Morgan fingerprint density at radius 1 is 0.273 bits per heavy atom. The van der Waals surface area contributed by atoms with Crippen molar-refractivity contribution in [3.8, 4) is 56.4 Å². The summed E-state index contributed by atoms with van der Waals surface area (Å²) in [5.74, 6) is 1.80. The topological polar surface area (TPSA) is 51.8 Å². The van der Waals surface area contributed by atoms with Crippen molar-refractivity contribution < 1.29 is 4.42 Å². The van der Waals surface area contributed by atoms with E-state index in [0.29, 0.717) is 17.5 Å². The fraction of sp³-hybridized carbons (Fsp3) is 0. The van der Waals surface area contributed by atoms with Crippen molar-refractivity contribution in [3.05, 3.63) is 188 Å². The largest absolute Gasteiger partial charge is 0.456 e. The van der Waals surface area contributed by atoms with Crippen LogP contribution in [0.25, 0.3) is 111 Å². The minimum absolute atomic E-state index is 0.579. The molecule has 0 aliphatic rings. The molecule has 2 aromatic heterocycles. The molecule has 256 valence electrons. The van der Waals surface area contributed by atoms with Gasteiger partial charge in [-0.1, -0.05) is 158 Å². The predicted molar refractivity (Wildman–Crippen MR) is 227 cm³/mol. The van der Waals surface area contributed by atoms with E-state index in [-0.39, 0.29) is 0 Å². The molecule has 55 heavy (non-hydrogen) atoms. The quantitative estimate of drug-likeness (QED) is 0.168. The molecule has 0 aliphatic heterocycles. The van der Waals surface area contributed by atoms with Crippen molar-refractivity contribution in [2.24, 2.45) is 0 Å². The first-order chi connectivity index (χ1) is 27.2. The van der Waals surface area contributed by atoms with Gasteiger partial charge in [-0.3, -0.25) is 0 Å². The third-order valence-electron chi connectivity index (χ3n) is 10.7. The molecule has 0 N–H and O–H groups in total. The highest BCUT2D eigenvalue weighted by Crippen LogP contribution is 2.43. The number of benzene rings is 9. The molecular weight excluding hydrogens is 671 g/mol. The molecule has 0 aliphatic carbocycles. The van der Waals surface area contributed by atoms with Gasteiger partial charge in [0.2, 0.25) is 0 Å². The van der Waals surface area contributed by atoms with E-state index in [2.05, 4.69) is 140 Å². The van der Waals surface area contributed by atoms with Gasteiger partial charge < -0.3 is 4.42 Å². The van der Waals surface area contributed by atoms with Crippen molar-refractivity contribution in [1.29, 1.82) is 0 Å². The first-order valence-corrected chi connectivity index (χ1v) is 18.5. The SMILES string of the molecule is c1ccc(-c2cccc(-c3nc(-c4ccccc4)nc(-c4cc(-c5ccc6c7ccccc7c7ccccc7c6c5)c5c(c4)oc4ccccc45)n3)c2)cc1. The molecule has 4 heteroatoms. The maximum Gasteiger partial charge on any atom is 0.164 e. The Morgan fingerprint density at radius 2 is 0.782 bits per heavy atom. The minimum atomic E-state index is 0.579. The Balaban J connectivity index is 1.17. The second-order valence-corrected chi connectivity index (χ2v) is 14.0. The van der Waals surface area contributed by atoms with Gasteiger partial charge in [-0.15, -0.1) is 0 Å². The highest BCUT2D eigenvalue weighted by Gasteiger charge is 2.20. The lowest BCUT2D eigenvalue weighted by molar-refractivity contribution is 0.669. The first-order valence-electron chi connectivity index (χ1n) is 18.5. The molecule has 0 spiro atoms. The average molecular weight is 702 g/mol. The van der Waals surface area contributed by atoms with Crippen LogP contribution in [0.3, 0.4) is 0 Å². The van der Waals surface area contributed by atoms with Crippen LogP contribution in [0, 0.1) is 0 Å². The number of rotatable bonds is 5. The Labute approximate surface area is 317 Å². The molecule has 0 atom stereocenters. The molecule has 0 bridgehead atoms. The normalized spacial score (nSPS) is 11.6. The van der Waals surface area contributed by atoms with Gasteiger partial charge in [-0.05, 0) is 84.9 Å². The maximum atomic E-state index is 6.62. The van der Waals surface area contributed by atoms with Gasteiger partial charge in [0.15, 0.2) is 17.5 Å². The second kappa shape index (κ2) is 12.6. The summed E-state index contributed by atoms with van der Waals surface area (Å²) in [7, 11) is 0. The monoisotopic (exact) mass is 701 g/mol. The van der Waals surface area contributed by atoms with E-state index in [0.717, 1.165) is 60.9 Å². The van der Waals surface area contributed by atoms with E-state index in [1.807, 2.05) is 48.5 Å². The van der Waals surface area contributed by atoms with Crippen molar-refractivity contribution in [2.45, 2.75) is 0 Å². The molecule has 11 rings (SSSR count). The number of fused-ring (bicyclic) bond motifs is 9. The summed E-state index contributed by atoms with van der Waals surface area (Å²) in [5, 5.41) is 9.57. The van der Waals surface area contributed by atoms with Crippen molar-refractivity contribution in [3.63, 3.8) is 0 Å². The summed E-state index contributed by atoms with van der Waals surface area (Å²) in [5.41, 5.74) is 8.71. The second-order valence-electron chi connectivity index (χ2n) is 14.0. The van der Waals surface area contributed by atoms with Crippen molar-refractivity contribution >= 4 is 54.3 Å². The van der Waals surface area contributed by atoms with Gasteiger partial charge in [0, 0.05) is 27.5 Å². The van der Waals surface area contributed by atoms with Gasteiger partial charge in [0.25, 0.3) is 0 Å². The van der Waals surface area contributed by atoms with Crippen LogP contribution >= 0.6 is 0 Å². The van der Waals surface area contributed by atoms with Gasteiger partial charge in [0.1, 0.15) is 11.2 Å². The average Bonchev–Trinajstić information content (AvgIpc) is 3.65. The molecule has 4 nitrogen and oxygen atoms in total. The fourth-order valence-electron chi connectivity index (χ4n) is 8.11. The number of para-hydroxylation sites is 1. The lowest BCUT2D eigenvalue weighted by Crippen LogP contribution is -2.00. The molecule has 0 saturated heterocycles. The number of furan rings is 1. The predicted octanol–water partition coefficient (Wildman–Crippen LogP) is 13.6. The van der Waals surface area contributed by atoms with E-state index in [1.54, 1.807) is 0 Å². The summed E-state index contributed by atoms with van der Waals surface area (Å²) in [4.78, 5) is 15.4. The van der Waals surface area contributed by atoms with Crippen LogP contribution in [0.1, 0.15) is 0 Å². The third-order valence-corrected chi connectivity index (χ3v) is 10.7. The van der Waals surface area contributed by atoms with E-state index in [1.165, 1.54) is 32.3 Å². The summed E-state index contributed by atoms with van der Waals surface area (Å²) in [6.07, 6.45) is 0. The van der Waals surface area contributed by atoms with Gasteiger partial charge in [-0.2, -0.15) is 0 Å². The molecule has 2 heterocycles. The standard InChI is InChI=1S/C51H31N3O/c1-3-14-32(15-4-1)34-18-13-19-36(28-34)50-52-49(33-16-5-2-6-17-33)53-51(54-50)37-30-44(48-43-24-11-12-25-46(43)55-47(48)31-37)35-26-27-42-40-22-8-7-20-38(40)39-21-9-10-23-41(39)45(42)29-35/h1-31H. The van der Waals surface area contributed by atoms with Crippen LogP contribution in [-0.2, 0) is 0 Å². The van der Waals surface area contributed by atoms with E-state index >= 15 is 0 Å². The molecule has 0 saturated carbocycles. The zero-order valence-corrected chi connectivity index (χ0v) is 29.6. The lowest BCUT2D eigenvalue weighted by Gasteiger charge is -2.14. The summed E-state index contributed by atoms with van der Waals surface area (Å²) in [6, 6.07) is 65.8. The number of aromatic nitrogens is 3. The Morgan fingerprint density at radius 3 is 1.47 bits per heavy atom. The number of hydrogen-bond donors (Lipinski definition) is 0. The zero-order valence-electron chi connectivity index (χ0n) is 29.6. The summed E-state index contributed by atoms with van der Waals surface area (Å²) < 4.78 is 6.62. The highest BCUT2D eigenvalue weighted by molar-refractivity contribution is 6.26. The zero-order chi connectivity index (χ0) is 36.3. The Bertz CT molecular complexity index is 3220. The molecule has 0 unspecified atom stereocenters. The Kier molecular flexibility index (Phi) is 7.14. The van der Waals surface area contributed by atoms with Crippen LogP contribution in [0.5, 0.6) is 0 Å². The van der Waals surface area contributed by atoms with Crippen LogP contribution in [0.4, 0.5) is 0 Å². The summed E-state index contributed by atoms with van der Waals surface area (Å²) >= 11 is 0. The van der Waals surface area contributed by atoms with Gasteiger partial charge >= 0.3 is 0 Å². The fourth-order valence-corrected chi connectivity index (χ4v) is 8.11. The minimum Gasteiger partial charge on any atom is -0.456 e.